The zero-order valence-corrected chi connectivity index (χ0v) is 23.7. The lowest BCUT2D eigenvalue weighted by Crippen LogP contribution is -2.57. The number of ether oxygens (including phenoxy) is 2. The molecule has 212 valence electrons. The highest BCUT2D eigenvalue weighted by atomic mass is 35.5. The molecule has 0 radical (unpaired) electrons. The van der Waals surface area contributed by atoms with Gasteiger partial charge in [0.05, 0.1) is 16.7 Å². The molecule has 2 saturated heterocycles. The molecule has 0 saturated carbocycles. The number of halogens is 2. The van der Waals surface area contributed by atoms with Gasteiger partial charge in [0, 0.05) is 30.9 Å². The van der Waals surface area contributed by atoms with E-state index in [1.54, 1.807) is 28.0 Å². The van der Waals surface area contributed by atoms with Crippen LogP contribution in [0.2, 0.25) is 10.0 Å². The van der Waals surface area contributed by atoms with Crippen molar-refractivity contribution in [3.8, 4) is 11.5 Å². The minimum atomic E-state index is -0.854. The number of carbonyl (C=O) groups is 3. The summed E-state index contributed by atoms with van der Waals surface area (Å²) in [4.78, 5) is 45.5. The fourth-order valence-electron chi connectivity index (χ4n) is 5.69. The summed E-state index contributed by atoms with van der Waals surface area (Å²) in [5, 5.41) is 3.62. The van der Waals surface area contributed by atoms with Gasteiger partial charge in [0.25, 0.3) is 11.8 Å². The van der Waals surface area contributed by atoms with Crippen molar-refractivity contribution >= 4 is 46.6 Å². The van der Waals surface area contributed by atoms with Crippen LogP contribution in [0.4, 0.5) is 5.69 Å². The average molecular weight is 595 g/mol. The molecule has 0 atom stereocenters. The lowest BCUT2D eigenvalue weighted by molar-refractivity contribution is -0.137. The van der Waals surface area contributed by atoms with Gasteiger partial charge >= 0.3 is 0 Å². The molecule has 3 aliphatic heterocycles. The fraction of sp³-hybridized carbons (Fsp3) is 0.300. The molecule has 3 heterocycles. The Labute approximate surface area is 247 Å². The van der Waals surface area contributed by atoms with Crippen LogP contribution in [0.3, 0.4) is 0 Å². The molecule has 1 N–H and O–H groups in total. The minimum Gasteiger partial charge on any atom is -0.454 e. The van der Waals surface area contributed by atoms with Crippen molar-refractivity contribution in [3.05, 3.63) is 87.9 Å². The van der Waals surface area contributed by atoms with Crippen LogP contribution in [-0.2, 0) is 16.1 Å². The van der Waals surface area contributed by atoms with Gasteiger partial charge in [-0.25, -0.2) is 0 Å². The van der Waals surface area contributed by atoms with Crippen LogP contribution in [0.15, 0.2) is 66.7 Å². The van der Waals surface area contributed by atoms with Crippen molar-refractivity contribution in [2.75, 3.05) is 38.0 Å². The highest BCUT2D eigenvalue weighted by Gasteiger charge is 2.54. The normalized spacial score (nSPS) is 17.3. The number of piperidine rings is 1. The molecule has 41 heavy (non-hydrogen) atoms. The van der Waals surface area contributed by atoms with Crippen LogP contribution in [0.25, 0.3) is 0 Å². The summed E-state index contributed by atoms with van der Waals surface area (Å²) in [7, 11) is 0. The topological polar surface area (TPSA) is 91.4 Å². The first-order valence-electron chi connectivity index (χ1n) is 13.4. The van der Waals surface area contributed by atoms with Gasteiger partial charge in [-0.1, -0.05) is 47.5 Å². The third-order valence-corrected chi connectivity index (χ3v) is 8.63. The second-order valence-corrected chi connectivity index (χ2v) is 11.1. The Morgan fingerprint density at radius 1 is 0.902 bits per heavy atom. The first-order chi connectivity index (χ1) is 19.8. The Balaban J connectivity index is 1.15. The Morgan fingerprint density at radius 3 is 2.41 bits per heavy atom. The summed E-state index contributed by atoms with van der Waals surface area (Å²) < 4.78 is 10.8. The number of nitrogens with one attached hydrogen (secondary N) is 1. The molecule has 3 aromatic carbocycles. The van der Waals surface area contributed by atoms with Crippen LogP contribution in [0, 0.1) is 0 Å². The van der Waals surface area contributed by atoms with Crippen molar-refractivity contribution in [2.24, 2.45) is 0 Å². The molecule has 0 bridgehead atoms. The second kappa shape index (κ2) is 11.1. The van der Waals surface area contributed by atoms with Gasteiger partial charge in [-0.15, -0.1) is 0 Å². The minimum absolute atomic E-state index is 0.0691. The van der Waals surface area contributed by atoms with Gasteiger partial charge in [0.1, 0.15) is 12.1 Å². The van der Waals surface area contributed by atoms with Gasteiger partial charge in [0.2, 0.25) is 12.7 Å². The first-order valence-corrected chi connectivity index (χ1v) is 14.1. The molecule has 11 heteroatoms. The molecule has 0 aromatic heterocycles. The zero-order valence-electron chi connectivity index (χ0n) is 22.1. The number of hydrogen-bond acceptors (Lipinski definition) is 6. The molecule has 3 amide bonds. The van der Waals surface area contributed by atoms with E-state index in [0.717, 1.165) is 11.3 Å². The molecule has 0 unspecified atom stereocenters. The summed E-state index contributed by atoms with van der Waals surface area (Å²) >= 11 is 12.2. The molecule has 3 aromatic rings. The number of anilines is 1. The van der Waals surface area contributed by atoms with Crippen LogP contribution in [0.5, 0.6) is 11.5 Å². The third-order valence-electron chi connectivity index (χ3n) is 7.89. The monoisotopic (exact) mass is 594 g/mol. The average Bonchev–Trinajstić information content (AvgIpc) is 3.56. The number of amides is 3. The SMILES string of the molecule is O=C(CN1CN(c2ccccc2)C2(CCN(C(=O)c3ccc(Cl)c(Cl)c3)CC2)C1=O)NCc1ccc2c(c1)OCO2. The second-order valence-electron chi connectivity index (χ2n) is 10.3. The summed E-state index contributed by atoms with van der Waals surface area (Å²) in [5.74, 6) is 0.805. The van der Waals surface area contributed by atoms with E-state index in [0.29, 0.717) is 59.6 Å². The maximum Gasteiger partial charge on any atom is 0.253 e. The molecule has 2 fully saturated rings. The number of nitrogens with zero attached hydrogens (tertiary/aromatic N) is 3. The lowest BCUT2D eigenvalue weighted by Gasteiger charge is -2.43. The van der Waals surface area contributed by atoms with E-state index >= 15 is 0 Å². The largest absolute Gasteiger partial charge is 0.454 e. The zero-order chi connectivity index (χ0) is 28.6. The van der Waals surface area contributed by atoms with Crippen LogP contribution < -0.4 is 19.7 Å². The summed E-state index contributed by atoms with van der Waals surface area (Å²) in [6.45, 7) is 1.47. The van der Waals surface area contributed by atoms with Gasteiger partial charge in [0.15, 0.2) is 11.5 Å². The van der Waals surface area contributed by atoms with E-state index in [1.165, 1.54) is 0 Å². The van der Waals surface area contributed by atoms with E-state index in [4.69, 9.17) is 32.7 Å². The summed E-state index contributed by atoms with van der Waals surface area (Å²) in [6, 6.07) is 20.1. The molecular weight excluding hydrogens is 567 g/mol. The summed E-state index contributed by atoms with van der Waals surface area (Å²) in [5.41, 5.74) is 1.37. The number of rotatable bonds is 6. The van der Waals surface area contributed by atoms with Crippen molar-refractivity contribution in [2.45, 2.75) is 24.9 Å². The van der Waals surface area contributed by atoms with Gasteiger partial charge in [-0.3, -0.25) is 14.4 Å². The molecule has 0 aliphatic carbocycles. The number of likely N-dealkylation sites (tertiary alicyclic amines) is 1. The van der Waals surface area contributed by atoms with Crippen molar-refractivity contribution < 1.29 is 23.9 Å². The number of hydrogen-bond donors (Lipinski definition) is 1. The number of benzene rings is 3. The first kappa shape index (κ1) is 27.2. The number of para-hydroxylation sites is 1. The smallest absolute Gasteiger partial charge is 0.253 e. The van der Waals surface area contributed by atoms with Crippen molar-refractivity contribution in [1.82, 2.24) is 15.1 Å². The number of carbonyl (C=O) groups excluding carboxylic acids is 3. The molecule has 1 spiro atoms. The van der Waals surface area contributed by atoms with E-state index in [-0.39, 0.29) is 37.7 Å². The van der Waals surface area contributed by atoms with Crippen LogP contribution >= 0.6 is 23.2 Å². The quantitative estimate of drug-likeness (QED) is 0.457. The van der Waals surface area contributed by atoms with E-state index in [2.05, 4.69) is 10.2 Å². The van der Waals surface area contributed by atoms with E-state index < -0.39 is 5.54 Å². The van der Waals surface area contributed by atoms with Crippen molar-refractivity contribution in [3.63, 3.8) is 0 Å². The highest BCUT2D eigenvalue weighted by molar-refractivity contribution is 6.42. The Kier molecular flexibility index (Phi) is 7.40. The Morgan fingerprint density at radius 2 is 1.66 bits per heavy atom. The van der Waals surface area contributed by atoms with E-state index in [9.17, 15) is 14.4 Å². The van der Waals surface area contributed by atoms with E-state index in [1.807, 2.05) is 48.5 Å². The lowest BCUT2D eigenvalue weighted by atomic mass is 9.85. The molecule has 6 rings (SSSR count). The van der Waals surface area contributed by atoms with Crippen LogP contribution in [0.1, 0.15) is 28.8 Å². The highest BCUT2D eigenvalue weighted by Crippen LogP contribution is 2.40. The molecule has 9 nitrogen and oxygen atoms in total. The predicted molar refractivity (Wildman–Crippen MR) is 154 cm³/mol. The molecular formula is C30H28Cl2N4O5. The maximum atomic E-state index is 14.0. The number of fused-ring (bicyclic) bond motifs is 1. The van der Waals surface area contributed by atoms with Gasteiger partial charge < -0.3 is 29.5 Å². The maximum absolute atomic E-state index is 14.0. The third kappa shape index (κ3) is 5.27. The van der Waals surface area contributed by atoms with Gasteiger partial charge in [-0.05, 0) is 60.9 Å². The van der Waals surface area contributed by atoms with Crippen molar-refractivity contribution in [1.29, 1.82) is 0 Å². The fourth-order valence-corrected chi connectivity index (χ4v) is 5.99. The van der Waals surface area contributed by atoms with Crippen LogP contribution in [-0.4, -0.2) is 66.2 Å². The predicted octanol–water partition coefficient (Wildman–Crippen LogP) is 4.32. The Bertz CT molecular complexity index is 1490. The standard InChI is InChI=1S/C30H28Cl2N4O5/c31-23-8-7-21(15-24(23)32)28(38)34-12-10-30(11-13-34)29(39)35(18-36(30)22-4-2-1-3-5-22)17-27(37)33-16-20-6-9-25-26(14-20)41-19-40-25/h1-9,14-15H,10-13,16-19H2,(H,33,37). The van der Waals surface area contributed by atoms with Gasteiger partial charge in [-0.2, -0.15) is 0 Å². The summed E-state index contributed by atoms with van der Waals surface area (Å²) in [6.07, 6.45) is 0.867. The molecule has 3 aliphatic rings. The Hall–Kier alpha value is -3.95.